The van der Waals surface area contributed by atoms with Crippen LogP contribution < -0.4 is 0 Å². The summed E-state index contributed by atoms with van der Waals surface area (Å²) < 4.78 is 76.6. The van der Waals surface area contributed by atoms with Crippen LogP contribution in [-0.4, -0.2) is 34.5 Å². The van der Waals surface area contributed by atoms with Crippen LogP contribution in [-0.2, 0) is 9.59 Å². The predicted molar refractivity (Wildman–Crippen MR) is 66.5 cm³/mol. The molecule has 0 saturated heterocycles. The van der Waals surface area contributed by atoms with Crippen molar-refractivity contribution in [2.45, 2.75) is 12.4 Å². The summed E-state index contributed by atoms with van der Waals surface area (Å²) >= 11 is 2.13. The third-order valence-corrected chi connectivity index (χ3v) is 2.01. The van der Waals surface area contributed by atoms with Gasteiger partial charge in [0.15, 0.2) is 0 Å². The smallest absolute Gasteiger partial charge is 0.475 e. The molecular weight excluding hydrogens is 444 g/mol. The molecule has 0 saturated carbocycles. The van der Waals surface area contributed by atoms with Gasteiger partial charge in [0.1, 0.15) is 5.82 Å². The van der Waals surface area contributed by atoms with Gasteiger partial charge < -0.3 is 10.2 Å². The van der Waals surface area contributed by atoms with Crippen molar-refractivity contribution in [3.63, 3.8) is 0 Å². The number of rotatable bonds is 0. The topological polar surface area (TPSA) is 74.6 Å². The highest BCUT2D eigenvalue weighted by molar-refractivity contribution is 14.1. The van der Waals surface area contributed by atoms with Crippen molar-refractivity contribution in [1.29, 1.82) is 0 Å². The van der Waals surface area contributed by atoms with Crippen molar-refractivity contribution in [1.82, 2.24) is 0 Å². The number of hydrogen-bond donors (Lipinski definition) is 2. The lowest BCUT2D eigenvalue weighted by atomic mass is 10.4. The van der Waals surface area contributed by atoms with Crippen molar-refractivity contribution >= 4 is 34.5 Å². The summed E-state index contributed by atoms with van der Waals surface area (Å²) in [5.74, 6) is -5.69. The van der Waals surface area contributed by atoms with Crippen LogP contribution in [0.1, 0.15) is 0 Å². The third-order valence-electron chi connectivity index (χ3n) is 1.29. The van der Waals surface area contributed by atoms with E-state index in [2.05, 4.69) is 22.6 Å². The first kappa shape index (κ1) is 22.7. The van der Waals surface area contributed by atoms with Crippen LogP contribution in [0.25, 0.3) is 0 Å². The molecule has 0 aromatic heterocycles. The molecule has 4 nitrogen and oxygen atoms in total. The number of alkyl halides is 6. The first-order chi connectivity index (χ1) is 9.67. The Kier molecular flexibility index (Phi) is 9.71. The summed E-state index contributed by atoms with van der Waals surface area (Å²) in [6.45, 7) is 0. The van der Waals surface area contributed by atoms with E-state index in [4.69, 9.17) is 19.8 Å². The van der Waals surface area contributed by atoms with E-state index < -0.39 is 24.3 Å². The summed E-state index contributed by atoms with van der Waals surface area (Å²) in [6, 6.07) is 6.36. The fourth-order valence-corrected chi connectivity index (χ4v) is 0.789. The summed E-state index contributed by atoms with van der Waals surface area (Å²) in [5.41, 5.74) is 0. The summed E-state index contributed by atoms with van der Waals surface area (Å²) in [5, 5.41) is 14.2. The lowest BCUT2D eigenvalue weighted by Gasteiger charge is -1.93. The number of carboxylic acids is 2. The van der Waals surface area contributed by atoms with Gasteiger partial charge >= 0.3 is 24.3 Å². The van der Waals surface area contributed by atoms with Crippen LogP contribution in [0.5, 0.6) is 0 Å². The summed E-state index contributed by atoms with van der Waals surface area (Å²) in [7, 11) is 0. The van der Waals surface area contributed by atoms with Crippen LogP contribution in [0, 0.1) is 9.39 Å². The lowest BCUT2D eigenvalue weighted by Crippen LogP contribution is -2.21. The molecule has 1 rings (SSSR count). The fraction of sp³-hybridized carbons (Fsp3) is 0.200. The Morgan fingerprint density at radius 1 is 0.818 bits per heavy atom. The molecule has 0 atom stereocenters. The Balaban J connectivity index is 0. The molecule has 0 heterocycles. The number of hydrogen-bond acceptors (Lipinski definition) is 2. The standard InChI is InChI=1S/C6H4FI.2C2HF3O2/c7-5-1-3-6(8)4-2-5;2*3-2(4,5)1(6)7/h1-4H;2*(H,6,7). The molecule has 0 aliphatic heterocycles. The monoisotopic (exact) mass is 450 g/mol. The van der Waals surface area contributed by atoms with Crippen molar-refractivity contribution in [2.75, 3.05) is 0 Å². The maximum Gasteiger partial charge on any atom is 0.490 e. The Morgan fingerprint density at radius 2 is 1.05 bits per heavy atom. The highest BCUT2D eigenvalue weighted by Gasteiger charge is 2.38. The maximum atomic E-state index is 12.1. The number of aliphatic carboxylic acids is 2. The highest BCUT2D eigenvalue weighted by Crippen LogP contribution is 2.13. The third kappa shape index (κ3) is 13.4. The van der Waals surface area contributed by atoms with Gasteiger partial charge in [0.2, 0.25) is 0 Å². The minimum absolute atomic E-state index is 0.176. The first-order valence-corrected chi connectivity index (χ1v) is 5.77. The molecule has 0 unspecified atom stereocenters. The molecule has 1 aromatic carbocycles. The second-order valence-electron chi connectivity index (χ2n) is 3.04. The summed E-state index contributed by atoms with van der Waals surface area (Å²) in [6.07, 6.45) is -10.2. The van der Waals surface area contributed by atoms with Gasteiger partial charge in [0.25, 0.3) is 0 Å². The number of halogens is 8. The van der Waals surface area contributed by atoms with Gasteiger partial charge in [-0.05, 0) is 46.9 Å². The van der Waals surface area contributed by atoms with E-state index >= 15 is 0 Å². The minimum atomic E-state index is -5.08. The molecule has 1 aromatic rings. The average Bonchev–Trinajstić information content (AvgIpc) is 2.32. The zero-order chi connectivity index (χ0) is 18.1. The molecule has 126 valence electrons. The van der Waals surface area contributed by atoms with E-state index in [9.17, 15) is 30.7 Å². The number of carbonyl (C=O) groups is 2. The second-order valence-corrected chi connectivity index (χ2v) is 4.29. The molecule has 0 bridgehead atoms. The van der Waals surface area contributed by atoms with E-state index in [1.54, 1.807) is 12.1 Å². The Bertz CT molecular complexity index is 437. The fourth-order valence-electron chi connectivity index (χ4n) is 0.430. The molecule has 0 spiro atoms. The molecule has 12 heteroatoms. The SMILES string of the molecule is Fc1ccc(I)cc1.O=C(O)C(F)(F)F.O=C(O)C(F)(F)F. The molecule has 0 fully saturated rings. The van der Waals surface area contributed by atoms with Crippen molar-refractivity contribution in [3.05, 3.63) is 33.7 Å². The van der Waals surface area contributed by atoms with E-state index in [-0.39, 0.29) is 5.82 Å². The first-order valence-electron chi connectivity index (χ1n) is 4.69. The number of benzene rings is 1. The minimum Gasteiger partial charge on any atom is -0.475 e. The zero-order valence-corrected chi connectivity index (χ0v) is 12.2. The van der Waals surface area contributed by atoms with Gasteiger partial charge in [-0.3, -0.25) is 0 Å². The molecular formula is C10H6F7IO4. The quantitative estimate of drug-likeness (QED) is 0.467. The van der Waals surface area contributed by atoms with Crippen LogP contribution in [0.4, 0.5) is 30.7 Å². The van der Waals surface area contributed by atoms with E-state index in [0.717, 1.165) is 3.57 Å². The van der Waals surface area contributed by atoms with Crippen molar-refractivity contribution in [2.24, 2.45) is 0 Å². The Hall–Kier alpha value is -1.60. The van der Waals surface area contributed by atoms with Crippen LogP contribution in [0.3, 0.4) is 0 Å². The molecule has 0 aliphatic rings. The van der Waals surface area contributed by atoms with E-state index in [1.807, 2.05) is 0 Å². The normalized spacial score (nSPS) is 10.5. The van der Waals surface area contributed by atoms with Crippen molar-refractivity contribution < 1.29 is 50.5 Å². The van der Waals surface area contributed by atoms with Crippen LogP contribution in [0.2, 0.25) is 0 Å². The Labute approximate surface area is 131 Å². The van der Waals surface area contributed by atoms with Gasteiger partial charge in [-0.2, -0.15) is 26.3 Å². The maximum absolute atomic E-state index is 12.1. The predicted octanol–water partition coefficient (Wildman–Crippen LogP) is 3.70. The zero-order valence-electron chi connectivity index (χ0n) is 10.0. The largest absolute Gasteiger partial charge is 0.490 e. The average molecular weight is 450 g/mol. The van der Waals surface area contributed by atoms with Crippen LogP contribution >= 0.6 is 22.6 Å². The molecule has 0 radical (unpaired) electrons. The Morgan fingerprint density at radius 3 is 1.18 bits per heavy atom. The van der Waals surface area contributed by atoms with Crippen molar-refractivity contribution in [3.8, 4) is 0 Å². The van der Waals surface area contributed by atoms with E-state index in [0.29, 0.717) is 0 Å². The van der Waals surface area contributed by atoms with Gasteiger partial charge in [0.05, 0.1) is 0 Å². The van der Waals surface area contributed by atoms with Gasteiger partial charge in [-0.15, -0.1) is 0 Å². The second kappa shape index (κ2) is 9.42. The number of carboxylic acid groups (broad SMARTS) is 2. The van der Waals surface area contributed by atoms with Crippen LogP contribution in [0.15, 0.2) is 24.3 Å². The van der Waals surface area contributed by atoms with Gasteiger partial charge in [-0.25, -0.2) is 14.0 Å². The molecule has 0 amide bonds. The van der Waals surface area contributed by atoms with Gasteiger partial charge in [0, 0.05) is 3.57 Å². The highest BCUT2D eigenvalue weighted by atomic mass is 127. The summed E-state index contributed by atoms with van der Waals surface area (Å²) in [4.78, 5) is 17.8. The van der Waals surface area contributed by atoms with E-state index in [1.165, 1.54) is 12.1 Å². The molecule has 0 aliphatic carbocycles. The molecule has 2 N–H and O–H groups in total. The lowest BCUT2D eigenvalue weighted by molar-refractivity contribution is -0.193. The van der Waals surface area contributed by atoms with Gasteiger partial charge in [-0.1, -0.05) is 0 Å². The molecule has 22 heavy (non-hydrogen) atoms.